The normalized spacial score (nSPS) is 10.7. The van der Waals surface area contributed by atoms with Crippen LogP contribution in [0.3, 0.4) is 0 Å². The van der Waals surface area contributed by atoms with E-state index < -0.39 is 0 Å². The molecule has 0 aliphatic rings. The van der Waals surface area contributed by atoms with Crippen molar-refractivity contribution >= 4 is 17.3 Å². The monoisotopic (exact) mass is 280 g/mol. The van der Waals surface area contributed by atoms with Gasteiger partial charge in [-0.25, -0.2) is 4.98 Å². The molecular weight excluding hydrogens is 256 g/mol. The molecule has 0 fully saturated rings. The van der Waals surface area contributed by atoms with Crippen LogP contribution in [0.1, 0.15) is 33.6 Å². The van der Waals surface area contributed by atoms with Crippen LogP contribution >= 0.6 is 0 Å². The number of nitrogens with one attached hydrogen (secondary N) is 1. The fourth-order valence-corrected chi connectivity index (χ4v) is 1.71. The zero-order valence-corrected chi connectivity index (χ0v) is 12.7. The predicted octanol–water partition coefficient (Wildman–Crippen LogP) is 3.29. The smallest absolute Gasteiger partial charge is 0.276 e. The number of hydrogen-bond donors (Lipinski definition) is 1. The molecule has 0 aromatic carbocycles. The second-order valence-electron chi connectivity index (χ2n) is 5.36. The van der Waals surface area contributed by atoms with Gasteiger partial charge in [0.05, 0.1) is 17.1 Å². The van der Waals surface area contributed by atoms with Crippen LogP contribution in [0.25, 0.3) is 0 Å². The van der Waals surface area contributed by atoms with E-state index in [1.54, 1.807) is 0 Å². The lowest BCUT2D eigenvalue weighted by molar-refractivity contribution is -0.384. The SMILES string of the molecule is CCCNc1cc([N+](=O)[O-])cc(N(C)CCC(C)C)n1. The molecular formula is C14H24N4O2. The maximum atomic E-state index is 11.0. The van der Waals surface area contributed by atoms with Crippen LogP contribution in [0.15, 0.2) is 12.1 Å². The van der Waals surface area contributed by atoms with Crippen molar-refractivity contribution in [3.05, 3.63) is 22.2 Å². The molecule has 1 heterocycles. The van der Waals surface area contributed by atoms with E-state index in [0.717, 1.165) is 25.9 Å². The highest BCUT2D eigenvalue weighted by atomic mass is 16.6. The van der Waals surface area contributed by atoms with E-state index in [0.29, 0.717) is 17.6 Å². The fraction of sp³-hybridized carbons (Fsp3) is 0.643. The molecule has 6 heteroatoms. The van der Waals surface area contributed by atoms with Crippen LogP contribution in [-0.2, 0) is 0 Å². The first kappa shape index (κ1) is 16.2. The van der Waals surface area contributed by atoms with Gasteiger partial charge in [-0.3, -0.25) is 10.1 Å². The minimum Gasteiger partial charge on any atom is -0.370 e. The van der Waals surface area contributed by atoms with Crippen LogP contribution in [0.2, 0.25) is 0 Å². The third kappa shape index (κ3) is 5.03. The number of nitrogens with zero attached hydrogens (tertiary/aromatic N) is 3. The largest absolute Gasteiger partial charge is 0.370 e. The number of pyridine rings is 1. The molecule has 0 saturated carbocycles. The molecule has 0 radical (unpaired) electrons. The van der Waals surface area contributed by atoms with Crippen molar-refractivity contribution in [2.75, 3.05) is 30.4 Å². The number of anilines is 2. The fourth-order valence-electron chi connectivity index (χ4n) is 1.71. The minimum absolute atomic E-state index is 0.0741. The molecule has 0 amide bonds. The Morgan fingerprint density at radius 1 is 1.45 bits per heavy atom. The molecule has 0 spiro atoms. The van der Waals surface area contributed by atoms with Crippen molar-refractivity contribution in [1.29, 1.82) is 0 Å². The number of hydrogen-bond acceptors (Lipinski definition) is 5. The molecule has 0 saturated heterocycles. The van der Waals surface area contributed by atoms with Gasteiger partial charge in [-0.15, -0.1) is 0 Å². The predicted molar refractivity (Wildman–Crippen MR) is 82.4 cm³/mol. The average Bonchev–Trinajstić information content (AvgIpc) is 2.41. The maximum absolute atomic E-state index is 11.0. The van der Waals surface area contributed by atoms with Crippen molar-refractivity contribution in [2.24, 2.45) is 5.92 Å². The second-order valence-corrected chi connectivity index (χ2v) is 5.36. The summed E-state index contributed by atoms with van der Waals surface area (Å²) in [6, 6.07) is 3.01. The van der Waals surface area contributed by atoms with Gasteiger partial charge in [0.25, 0.3) is 5.69 Å². The number of aromatic nitrogens is 1. The molecule has 0 bridgehead atoms. The zero-order chi connectivity index (χ0) is 15.1. The highest BCUT2D eigenvalue weighted by Crippen LogP contribution is 2.23. The molecule has 0 atom stereocenters. The quantitative estimate of drug-likeness (QED) is 0.584. The van der Waals surface area contributed by atoms with Crippen LogP contribution in [0, 0.1) is 16.0 Å². The first-order valence-electron chi connectivity index (χ1n) is 7.05. The van der Waals surface area contributed by atoms with E-state index >= 15 is 0 Å². The van der Waals surface area contributed by atoms with E-state index in [1.807, 2.05) is 18.9 Å². The van der Waals surface area contributed by atoms with Gasteiger partial charge in [0, 0.05) is 20.1 Å². The molecule has 0 unspecified atom stereocenters. The summed E-state index contributed by atoms with van der Waals surface area (Å²) in [7, 11) is 1.91. The van der Waals surface area contributed by atoms with Crippen molar-refractivity contribution in [3.63, 3.8) is 0 Å². The van der Waals surface area contributed by atoms with E-state index in [4.69, 9.17) is 0 Å². The molecule has 1 N–H and O–H groups in total. The standard InChI is InChI=1S/C14H24N4O2/c1-5-7-15-13-9-12(18(19)20)10-14(16-13)17(4)8-6-11(2)3/h9-11H,5-8H2,1-4H3,(H,15,16). The summed E-state index contributed by atoms with van der Waals surface area (Å²) in [5.41, 5.74) is 0.0741. The number of rotatable bonds is 8. The van der Waals surface area contributed by atoms with Crippen molar-refractivity contribution in [1.82, 2.24) is 4.98 Å². The Labute approximate surface area is 120 Å². The topological polar surface area (TPSA) is 71.3 Å². The lowest BCUT2D eigenvalue weighted by Crippen LogP contribution is -2.21. The number of nitro groups is 1. The lowest BCUT2D eigenvalue weighted by Gasteiger charge is -2.20. The summed E-state index contributed by atoms with van der Waals surface area (Å²) in [5, 5.41) is 14.1. The summed E-state index contributed by atoms with van der Waals surface area (Å²) in [4.78, 5) is 17.0. The average molecular weight is 280 g/mol. The van der Waals surface area contributed by atoms with Gasteiger partial charge < -0.3 is 10.2 Å². The molecule has 0 aliphatic heterocycles. The first-order valence-corrected chi connectivity index (χ1v) is 7.05. The van der Waals surface area contributed by atoms with Crippen molar-refractivity contribution < 1.29 is 4.92 Å². The Hall–Kier alpha value is -1.85. The van der Waals surface area contributed by atoms with Crippen LogP contribution in [-0.4, -0.2) is 30.0 Å². The lowest BCUT2D eigenvalue weighted by atomic mass is 10.1. The molecule has 6 nitrogen and oxygen atoms in total. The van der Waals surface area contributed by atoms with Crippen LogP contribution in [0.4, 0.5) is 17.3 Å². The van der Waals surface area contributed by atoms with Gasteiger partial charge in [-0.1, -0.05) is 20.8 Å². The summed E-state index contributed by atoms with van der Waals surface area (Å²) >= 11 is 0. The Kier molecular flexibility index (Phi) is 6.21. The maximum Gasteiger partial charge on any atom is 0.276 e. The van der Waals surface area contributed by atoms with E-state index in [1.165, 1.54) is 12.1 Å². The van der Waals surface area contributed by atoms with E-state index in [-0.39, 0.29) is 10.6 Å². The zero-order valence-electron chi connectivity index (χ0n) is 12.7. The van der Waals surface area contributed by atoms with Crippen molar-refractivity contribution in [3.8, 4) is 0 Å². The molecule has 20 heavy (non-hydrogen) atoms. The van der Waals surface area contributed by atoms with Crippen LogP contribution in [0.5, 0.6) is 0 Å². The second kappa shape index (κ2) is 7.67. The molecule has 1 rings (SSSR count). The summed E-state index contributed by atoms with van der Waals surface area (Å²) in [6.07, 6.45) is 1.97. The Bertz CT molecular complexity index is 449. The molecule has 112 valence electrons. The van der Waals surface area contributed by atoms with E-state index in [9.17, 15) is 10.1 Å². The highest BCUT2D eigenvalue weighted by Gasteiger charge is 2.13. The van der Waals surface area contributed by atoms with Gasteiger partial charge in [0.2, 0.25) is 0 Å². The van der Waals surface area contributed by atoms with Gasteiger partial charge in [-0.05, 0) is 18.8 Å². The Morgan fingerprint density at radius 3 is 2.70 bits per heavy atom. The van der Waals surface area contributed by atoms with E-state index in [2.05, 4.69) is 24.1 Å². The molecule has 1 aromatic rings. The van der Waals surface area contributed by atoms with Gasteiger partial charge in [0.1, 0.15) is 11.6 Å². The molecule has 1 aromatic heterocycles. The molecule has 0 aliphatic carbocycles. The highest BCUT2D eigenvalue weighted by molar-refractivity contribution is 5.55. The van der Waals surface area contributed by atoms with Gasteiger partial charge >= 0.3 is 0 Å². The first-order chi connectivity index (χ1) is 9.43. The summed E-state index contributed by atoms with van der Waals surface area (Å²) < 4.78 is 0. The van der Waals surface area contributed by atoms with Crippen molar-refractivity contribution in [2.45, 2.75) is 33.6 Å². The van der Waals surface area contributed by atoms with Gasteiger partial charge in [0.15, 0.2) is 0 Å². The third-order valence-electron chi connectivity index (χ3n) is 3.00. The summed E-state index contributed by atoms with van der Waals surface area (Å²) in [6.45, 7) is 7.94. The Morgan fingerprint density at radius 2 is 2.15 bits per heavy atom. The summed E-state index contributed by atoms with van der Waals surface area (Å²) in [5.74, 6) is 1.79. The minimum atomic E-state index is -0.376. The third-order valence-corrected chi connectivity index (χ3v) is 3.00. The Balaban J connectivity index is 2.92. The van der Waals surface area contributed by atoms with Gasteiger partial charge in [-0.2, -0.15) is 0 Å². The van der Waals surface area contributed by atoms with Crippen LogP contribution < -0.4 is 10.2 Å².